The maximum atomic E-state index is 12.7. The highest BCUT2D eigenvalue weighted by Gasteiger charge is 2.17. The van der Waals surface area contributed by atoms with E-state index in [2.05, 4.69) is 10.3 Å². The number of primary sulfonamides is 1. The summed E-state index contributed by atoms with van der Waals surface area (Å²) in [5.41, 5.74) is 9.17. The number of amides is 1. The largest absolute Gasteiger partial charge is 0.397 e. The smallest absolute Gasteiger partial charge is 0.263 e. The highest BCUT2D eigenvalue weighted by molar-refractivity contribution is 7.89. The lowest BCUT2D eigenvalue weighted by Crippen LogP contribution is -2.25. The summed E-state index contributed by atoms with van der Waals surface area (Å²) in [5.74, 6) is -0.278. The average molecular weight is 487 g/mol. The Morgan fingerprint density at radius 3 is 2.38 bits per heavy atom. The van der Waals surface area contributed by atoms with Gasteiger partial charge in [-0.3, -0.25) is 4.79 Å². The molecule has 7 nitrogen and oxygen atoms in total. The molecule has 0 saturated heterocycles. The maximum Gasteiger partial charge on any atom is 0.263 e. The number of carbonyl (C=O) groups is 1. The van der Waals surface area contributed by atoms with Crippen LogP contribution in [0.5, 0.6) is 0 Å². The van der Waals surface area contributed by atoms with Gasteiger partial charge in [-0.05, 0) is 48.4 Å². The highest BCUT2D eigenvalue weighted by Crippen LogP contribution is 2.34. The number of hydrogen-bond acceptors (Lipinski definition) is 6. The molecule has 4 rings (SSSR count). The number of nitrogens with two attached hydrogens (primary N) is 2. The standard InChI is InChI=1S/C22H19ClN4O3S2/c23-15-5-3-14(4-6-15)18-10-9-17-19(24)20(31-22(17)27-18)21(28)26-12-11-13-1-7-16(8-2-13)32(25,29)30/h1-10H,11-12,24H2,(H,26,28)(H2,25,29,30). The molecule has 1 amide bonds. The van der Waals surface area contributed by atoms with E-state index in [0.717, 1.165) is 22.2 Å². The van der Waals surface area contributed by atoms with Gasteiger partial charge in [0.15, 0.2) is 0 Å². The minimum Gasteiger partial charge on any atom is -0.397 e. The van der Waals surface area contributed by atoms with Gasteiger partial charge < -0.3 is 11.1 Å². The Morgan fingerprint density at radius 1 is 1.03 bits per heavy atom. The summed E-state index contributed by atoms with van der Waals surface area (Å²) in [5, 5.41) is 9.33. The molecule has 0 aliphatic carbocycles. The zero-order chi connectivity index (χ0) is 22.9. The summed E-state index contributed by atoms with van der Waals surface area (Å²) in [6, 6.07) is 17.3. The third kappa shape index (κ3) is 4.76. The summed E-state index contributed by atoms with van der Waals surface area (Å²) in [7, 11) is -3.72. The van der Waals surface area contributed by atoms with Crippen LogP contribution in [0.15, 0.2) is 65.6 Å². The molecule has 0 fully saturated rings. The van der Waals surface area contributed by atoms with E-state index in [-0.39, 0.29) is 10.8 Å². The molecule has 0 saturated carbocycles. The van der Waals surface area contributed by atoms with Crippen LogP contribution in [-0.2, 0) is 16.4 Å². The van der Waals surface area contributed by atoms with E-state index in [1.165, 1.54) is 23.5 Å². The van der Waals surface area contributed by atoms with Crippen molar-refractivity contribution in [3.05, 3.63) is 76.1 Å². The van der Waals surface area contributed by atoms with Crippen molar-refractivity contribution in [3.8, 4) is 11.3 Å². The zero-order valence-electron chi connectivity index (χ0n) is 16.7. The molecular weight excluding hydrogens is 468 g/mol. The Morgan fingerprint density at radius 2 is 1.72 bits per heavy atom. The summed E-state index contributed by atoms with van der Waals surface area (Å²) in [6.45, 7) is 0.366. The summed E-state index contributed by atoms with van der Waals surface area (Å²) < 4.78 is 22.6. The molecule has 0 unspecified atom stereocenters. The van der Waals surface area contributed by atoms with E-state index in [0.29, 0.717) is 33.4 Å². The van der Waals surface area contributed by atoms with Gasteiger partial charge in [0.25, 0.3) is 5.91 Å². The second kappa shape index (κ2) is 8.87. The number of hydrogen-bond donors (Lipinski definition) is 3. The predicted octanol–water partition coefficient (Wildman–Crippen LogP) is 3.82. The van der Waals surface area contributed by atoms with Crippen LogP contribution in [-0.4, -0.2) is 25.9 Å². The van der Waals surface area contributed by atoms with E-state index < -0.39 is 10.0 Å². The van der Waals surface area contributed by atoms with Crippen molar-refractivity contribution >= 4 is 54.8 Å². The molecule has 0 bridgehead atoms. The predicted molar refractivity (Wildman–Crippen MR) is 128 cm³/mol. The molecule has 0 atom stereocenters. The first-order valence-electron chi connectivity index (χ1n) is 9.57. The molecule has 0 spiro atoms. The van der Waals surface area contributed by atoms with Crippen LogP contribution >= 0.6 is 22.9 Å². The molecule has 5 N–H and O–H groups in total. The van der Waals surface area contributed by atoms with E-state index >= 15 is 0 Å². The van der Waals surface area contributed by atoms with Gasteiger partial charge in [-0.2, -0.15) is 0 Å². The van der Waals surface area contributed by atoms with Crippen LogP contribution < -0.4 is 16.2 Å². The van der Waals surface area contributed by atoms with E-state index in [1.54, 1.807) is 24.3 Å². The minimum absolute atomic E-state index is 0.0498. The molecule has 2 aromatic heterocycles. The highest BCUT2D eigenvalue weighted by atomic mass is 35.5. The zero-order valence-corrected chi connectivity index (χ0v) is 19.1. The van der Waals surface area contributed by atoms with Gasteiger partial charge in [-0.1, -0.05) is 35.9 Å². The number of rotatable bonds is 6. The molecule has 4 aromatic rings. The van der Waals surface area contributed by atoms with Gasteiger partial charge in [-0.25, -0.2) is 18.5 Å². The molecule has 2 heterocycles. The first-order valence-corrected chi connectivity index (χ1v) is 12.3. The molecule has 32 heavy (non-hydrogen) atoms. The maximum absolute atomic E-state index is 12.7. The number of nitrogen functional groups attached to an aromatic ring is 1. The molecule has 164 valence electrons. The van der Waals surface area contributed by atoms with Gasteiger partial charge in [0.2, 0.25) is 10.0 Å². The lowest BCUT2D eigenvalue weighted by molar-refractivity contribution is 0.0959. The number of nitrogens with zero attached hydrogens (tertiary/aromatic N) is 1. The number of pyridine rings is 1. The molecule has 0 aliphatic rings. The summed E-state index contributed by atoms with van der Waals surface area (Å²) in [4.78, 5) is 18.5. The van der Waals surface area contributed by atoms with Crippen LogP contribution in [0.25, 0.3) is 21.5 Å². The van der Waals surface area contributed by atoms with Gasteiger partial charge >= 0.3 is 0 Å². The number of nitrogens with one attached hydrogen (secondary N) is 1. The minimum atomic E-state index is -3.72. The van der Waals surface area contributed by atoms with Gasteiger partial charge in [0.1, 0.15) is 9.71 Å². The van der Waals surface area contributed by atoms with Crippen molar-refractivity contribution in [1.82, 2.24) is 10.3 Å². The Balaban J connectivity index is 1.46. The Hall–Kier alpha value is -2.98. The first kappa shape index (κ1) is 22.2. The average Bonchev–Trinajstić information content (AvgIpc) is 3.10. The third-order valence-electron chi connectivity index (χ3n) is 4.89. The molecule has 0 aliphatic heterocycles. The van der Waals surface area contributed by atoms with E-state index in [1.807, 2.05) is 24.3 Å². The second-order valence-electron chi connectivity index (χ2n) is 7.10. The fourth-order valence-electron chi connectivity index (χ4n) is 3.19. The van der Waals surface area contributed by atoms with Crippen LogP contribution in [0.3, 0.4) is 0 Å². The Kier molecular flexibility index (Phi) is 6.16. The number of carbonyl (C=O) groups excluding carboxylic acids is 1. The van der Waals surface area contributed by atoms with Crippen LogP contribution in [0.1, 0.15) is 15.2 Å². The van der Waals surface area contributed by atoms with Crippen molar-refractivity contribution in [2.24, 2.45) is 5.14 Å². The number of benzene rings is 2. The topological polar surface area (TPSA) is 128 Å². The normalized spacial score (nSPS) is 11.6. The van der Waals surface area contributed by atoms with Gasteiger partial charge in [0, 0.05) is 22.5 Å². The number of fused-ring (bicyclic) bond motifs is 1. The molecule has 0 radical (unpaired) electrons. The summed E-state index contributed by atoms with van der Waals surface area (Å²) in [6.07, 6.45) is 0.528. The third-order valence-corrected chi connectivity index (χ3v) is 7.19. The number of anilines is 1. The van der Waals surface area contributed by atoms with E-state index in [9.17, 15) is 13.2 Å². The number of aromatic nitrogens is 1. The fraction of sp³-hybridized carbons (Fsp3) is 0.0909. The summed E-state index contributed by atoms with van der Waals surface area (Å²) >= 11 is 7.19. The SMILES string of the molecule is Nc1c(C(=O)NCCc2ccc(S(N)(=O)=O)cc2)sc2nc(-c3ccc(Cl)cc3)ccc12. The lowest BCUT2D eigenvalue weighted by atomic mass is 10.1. The molecule has 10 heteroatoms. The van der Waals surface area contributed by atoms with Gasteiger partial charge in [0.05, 0.1) is 16.3 Å². The van der Waals surface area contributed by atoms with Crippen LogP contribution in [0, 0.1) is 0 Å². The Labute approximate surface area is 194 Å². The van der Waals surface area contributed by atoms with Gasteiger partial charge in [-0.15, -0.1) is 11.3 Å². The Bertz CT molecular complexity index is 1400. The first-order chi connectivity index (χ1) is 15.2. The quantitative estimate of drug-likeness (QED) is 0.381. The number of halogens is 1. The van der Waals surface area contributed by atoms with Crippen molar-refractivity contribution < 1.29 is 13.2 Å². The van der Waals surface area contributed by atoms with E-state index in [4.69, 9.17) is 22.5 Å². The van der Waals surface area contributed by atoms with Crippen molar-refractivity contribution in [2.45, 2.75) is 11.3 Å². The van der Waals surface area contributed by atoms with Crippen molar-refractivity contribution in [1.29, 1.82) is 0 Å². The van der Waals surface area contributed by atoms with Crippen molar-refractivity contribution in [3.63, 3.8) is 0 Å². The number of thiophene rings is 1. The monoisotopic (exact) mass is 486 g/mol. The van der Waals surface area contributed by atoms with Crippen molar-refractivity contribution in [2.75, 3.05) is 12.3 Å². The molecule has 2 aromatic carbocycles. The fourth-order valence-corrected chi connectivity index (χ4v) is 4.85. The molecular formula is C22H19ClN4O3S2. The number of sulfonamides is 1. The van der Waals surface area contributed by atoms with Crippen LogP contribution in [0.4, 0.5) is 5.69 Å². The lowest BCUT2D eigenvalue weighted by Gasteiger charge is -2.05. The second-order valence-corrected chi connectivity index (χ2v) is 10.1. The van der Waals surface area contributed by atoms with Crippen LogP contribution in [0.2, 0.25) is 5.02 Å².